The van der Waals surface area contributed by atoms with E-state index >= 15 is 0 Å². The van der Waals surface area contributed by atoms with Crippen LogP contribution in [0.2, 0.25) is 0 Å². The van der Waals surface area contributed by atoms with E-state index in [4.69, 9.17) is 4.74 Å². The number of carbonyl (C=O) groups is 3. The number of carbonyl (C=O) groups excluding carboxylic acids is 3. The molecule has 0 bridgehead atoms. The molecule has 0 spiro atoms. The van der Waals surface area contributed by atoms with Gasteiger partial charge in [0.2, 0.25) is 5.91 Å². The predicted octanol–water partition coefficient (Wildman–Crippen LogP) is 2.26. The lowest BCUT2D eigenvalue weighted by molar-refractivity contribution is -0.118. The Labute approximate surface area is 127 Å². The van der Waals surface area contributed by atoms with E-state index < -0.39 is 10.7 Å². The standard InChI is InChI=1S/C14H18N2O4S/c1-5-20-12(18)10-6-7-11(15-8-10)16-13(19)14(3,4)21-9(2)17/h6-8H,5H2,1-4H3,(H,15,16,19). The van der Waals surface area contributed by atoms with Crippen LogP contribution in [-0.4, -0.2) is 33.3 Å². The molecule has 0 unspecified atom stereocenters. The van der Waals surface area contributed by atoms with Crippen LogP contribution in [-0.2, 0) is 14.3 Å². The van der Waals surface area contributed by atoms with E-state index in [2.05, 4.69) is 10.3 Å². The normalized spacial score (nSPS) is 10.9. The van der Waals surface area contributed by atoms with Crippen molar-refractivity contribution in [2.75, 3.05) is 11.9 Å². The first-order valence-electron chi connectivity index (χ1n) is 6.40. The van der Waals surface area contributed by atoms with Crippen molar-refractivity contribution in [3.05, 3.63) is 23.9 Å². The lowest BCUT2D eigenvalue weighted by Crippen LogP contribution is -2.35. The third-order valence-corrected chi connectivity index (χ3v) is 3.45. The summed E-state index contributed by atoms with van der Waals surface area (Å²) in [6.07, 6.45) is 1.33. The lowest BCUT2D eigenvalue weighted by atomic mass is 10.2. The van der Waals surface area contributed by atoms with Gasteiger partial charge in [-0.15, -0.1) is 0 Å². The molecule has 114 valence electrons. The second-order valence-corrected chi connectivity index (χ2v) is 6.51. The average Bonchev–Trinajstić information content (AvgIpc) is 2.38. The van der Waals surface area contributed by atoms with Crippen LogP contribution in [0, 0.1) is 0 Å². The summed E-state index contributed by atoms with van der Waals surface area (Å²) < 4.78 is 3.94. The van der Waals surface area contributed by atoms with Crippen LogP contribution in [0.15, 0.2) is 18.3 Å². The Kier molecular flexibility index (Phi) is 5.90. The average molecular weight is 310 g/mol. The second kappa shape index (κ2) is 7.21. The minimum Gasteiger partial charge on any atom is -0.462 e. The van der Waals surface area contributed by atoms with Crippen molar-refractivity contribution in [3.8, 4) is 0 Å². The molecule has 1 rings (SSSR count). The maximum absolute atomic E-state index is 12.1. The van der Waals surface area contributed by atoms with Crippen molar-refractivity contribution in [1.82, 2.24) is 4.98 Å². The molecule has 0 aliphatic heterocycles. The second-order valence-electron chi connectivity index (χ2n) is 4.71. The third-order valence-electron chi connectivity index (χ3n) is 2.46. The molecular weight excluding hydrogens is 292 g/mol. The zero-order chi connectivity index (χ0) is 16.0. The van der Waals surface area contributed by atoms with E-state index in [1.165, 1.54) is 25.3 Å². The minimum atomic E-state index is -0.896. The highest BCUT2D eigenvalue weighted by atomic mass is 32.2. The van der Waals surface area contributed by atoms with Gasteiger partial charge in [-0.2, -0.15) is 0 Å². The van der Waals surface area contributed by atoms with Crippen LogP contribution in [0.25, 0.3) is 0 Å². The molecule has 6 nitrogen and oxygen atoms in total. The highest BCUT2D eigenvalue weighted by Crippen LogP contribution is 2.26. The monoisotopic (exact) mass is 310 g/mol. The summed E-state index contributed by atoms with van der Waals surface area (Å²) in [5.74, 6) is -0.486. The van der Waals surface area contributed by atoms with Gasteiger partial charge in [-0.1, -0.05) is 11.8 Å². The minimum absolute atomic E-state index is 0.138. The number of nitrogens with zero attached hydrogens (tertiary/aromatic N) is 1. The van der Waals surface area contributed by atoms with Gasteiger partial charge in [-0.05, 0) is 32.9 Å². The summed E-state index contributed by atoms with van der Waals surface area (Å²) in [5, 5.41) is 2.47. The number of pyridine rings is 1. The molecule has 1 amide bonds. The van der Waals surface area contributed by atoms with Crippen LogP contribution in [0.1, 0.15) is 38.1 Å². The third kappa shape index (κ3) is 5.18. The van der Waals surface area contributed by atoms with E-state index in [-0.39, 0.29) is 17.6 Å². The SMILES string of the molecule is CCOC(=O)c1ccc(NC(=O)C(C)(C)SC(C)=O)nc1. The van der Waals surface area contributed by atoms with Gasteiger partial charge in [-0.25, -0.2) is 9.78 Å². The number of thioether (sulfide) groups is 1. The molecule has 0 aromatic carbocycles. The zero-order valence-electron chi connectivity index (χ0n) is 12.4. The highest BCUT2D eigenvalue weighted by molar-refractivity contribution is 8.15. The molecule has 0 saturated carbocycles. The van der Waals surface area contributed by atoms with E-state index in [0.29, 0.717) is 11.4 Å². The number of esters is 1. The topological polar surface area (TPSA) is 85.4 Å². The fraction of sp³-hybridized carbons (Fsp3) is 0.429. The van der Waals surface area contributed by atoms with Gasteiger partial charge in [0.25, 0.3) is 0 Å². The largest absolute Gasteiger partial charge is 0.462 e. The Morgan fingerprint density at radius 1 is 1.33 bits per heavy atom. The summed E-state index contributed by atoms with van der Waals surface area (Å²) >= 11 is 0.946. The first-order valence-corrected chi connectivity index (χ1v) is 7.22. The first-order chi connectivity index (χ1) is 9.76. The Bertz CT molecular complexity index is 540. The van der Waals surface area contributed by atoms with Crippen molar-refractivity contribution in [2.24, 2.45) is 0 Å². The fourth-order valence-corrected chi connectivity index (χ4v) is 2.34. The number of ether oxygens (including phenoxy) is 1. The van der Waals surface area contributed by atoms with Crippen molar-refractivity contribution < 1.29 is 19.1 Å². The smallest absolute Gasteiger partial charge is 0.339 e. The molecule has 0 atom stereocenters. The molecule has 1 aromatic heterocycles. The van der Waals surface area contributed by atoms with E-state index in [9.17, 15) is 14.4 Å². The van der Waals surface area contributed by atoms with Crippen LogP contribution < -0.4 is 5.32 Å². The fourth-order valence-electron chi connectivity index (χ4n) is 1.48. The molecule has 7 heteroatoms. The summed E-state index contributed by atoms with van der Waals surface area (Å²) in [5.41, 5.74) is 0.312. The summed E-state index contributed by atoms with van der Waals surface area (Å²) in [6.45, 7) is 6.72. The molecule has 0 radical (unpaired) electrons. The van der Waals surface area contributed by atoms with E-state index in [1.54, 1.807) is 20.8 Å². The summed E-state index contributed by atoms with van der Waals surface area (Å²) in [7, 11) is 0. The number of amides is 1. The van der Waals surface area contributed by atoms with Crippen molar-refractivity contribution in [3.63, 3.8) is 0 Å². The maximum Gasteiger partial charge on any atom is 0.339 e. The molecule has 0 saturated heterocycles. The number of nitrogens with one attached hydrogen (secondary N) is 1. The molecule has 0 fully saturated rings. The Morgan fingerprint density at radius 3 is 2.48 bits per heavy atom. The van der Waals surface area contributed by atoms with Crippen molar-refractivity contribution in [1.29, 1.82) is 0 Å². The van der Waals surface area contributed by atoms with Crippen LogP contribution in [0.3, 0.4) is 0 Å². The number of hydrogen-bond donors (Lipinski definition) is 1. The van der Waals surface area contributed by atoms with Gasteiger partial charge in [-0.3, -0.25) is 9.59 Å². The van der Waals surface area contributed by atoms with Gasteiger partial charge in [0.05, 0.1) is 16.9 Å². The molecule has 1 heterocycles. The van der Waals surface area contributed by atoms with Crippen LogP contribution in [0.5, 0.6) is 0 Å². The molecule has 1 N–H and O–H groups in total. The number of rotatable bonds is 5. The Hall–Kier alpha value is -1.89. The number of anilines is 1. The zero-order valence-corrected chi connectivity index (χ0v) is 13.2. The molecular formula is C14H18N2O4S. The lowest BCUT2D eigenvalue weighted by Gasteiger charge is -2.20. The van der Waals surface area contributed by atoms with Crippen molar-refractivity contribution >= 4 is 34.6 Å². The first kappa shape index (κ1) is 17.2. The molecule has 1 aromatic rings. The predicted molar refractivity (Wildman–Crippen MR) is 81.2 cm³/mol. The van der Waals surface area contributed by atoms with Gasteiger partial charge >= 0.3 is 5.97 Å². The Balaban J connectivity index is 2.73. The molecule has 21 heavy (non-hydrogen) atoms. The van der Waals surface area contributed by atoms with Gasteiger partial charge < -0.3 is 10.1 Å². The molecule has 0 aliphatic rings. The van der Waals surface area contributed by atoms with Crippen LogP contribution in [0.4, 0.5) is 5.82 Å². The summed E-state index contributed by atoms with van der Waals surface area (Å²) in [4.78, 5) is 38.6. The van der Waals surface area contributed by atoms with Gasteiger partial charge in [0, 0.05) is 13.1 Å². The maximum atomic E-state index is 12.1. The van der Waals surface area contributed by atoms with E-state index in [0.717, 1.165) is 11.8 Å². The van der Waals surface area contributed by atoms with Gasteiger partial charge in [0.15, 0.2) is 5.12 Å². The number of hydrogen-bond acceptors (Lipinski definition) is 6. The van der Waals surface area contributed by atoms with E-state index in [1.807, 2.05) is 0 Å². The van der Waals surface area contributed by atoms with Crippen molar-refractivity contribution in [2.45, 2.75) is 32.4 Å². The van der Waals surface area contributed by atoms with Gasteiger partial charge in [0.1, 0.15) is 5.82 Å². The Morgan fingerprint density at radius 2 is 2.00 bits per heavy atom. The summed E-state index contributed by atoms with van der Waals surface area (Å²) in [6, 6.07) is 3.03. The number of aromatic nitrogens is 1. The highest BCUT2D eigenvalue weighted by Gasteiger charge is 2.30. The van der Waals surface area contributed by atoms with Crippen LogP contribution >= 0.6 is 11.8 Å². The molecule has 0 aliphatic carbocycles. The quantitative estimate of drug-likeness (QED) is 0.840.